The summed E-state index contributed by atoms with van der Waals surface area (Å²) in [6.45, 7) is 8.91. The molecule has 2 rings (SSSR count). The van der Waals surface area contributed by atoms with Crippen molar-refractivity contribution in [1.29, 1.82) is 0 Å². The second kappa shape index (κ2) is 29.1. The van der Waals surface area contributed by atoms with Crippen LogP contribution in [-0.2, 0) is 9.13 Å². The average Bonchev–Trinajstić information content (AvgIpc) is 3.06. The van der Waals surface area contributed by atoms with Gasteiger partial charge in [-0.05, 0) is 61.1 Å². The van der Waals surface area contributed by atoms with Gasteiger partial charge >= 0.3 is 15.2 Å². The molecule has 278 valence electrons. The molecular weight excluding hydrogens is 686 g/mol. The third kappa shape index (κ3) is 23.0. The van der Waals surface area contributed by atoms with Crippen molar-refractivity contribution >= 4 is 52.9 Å². The molecule has 4 N–H and O–H groups in total. The van der Waals surface area contributed by atoms with Crippen LogP contribution in [0.5, 0.6) is 11.5 Å². The van der Waals surface area contributed by atoms with Gasteiger partial charge < -0.3 is 29.0 Å². The smallest absolute Gasteiger partial charge is 0.332 e. The molecule has 0 fully saturated rings. The van der Waals surface area contributed by atoms with Gasteiger partial charge in [-0.1, -0.05) is 142 Å². The molecule has 49 heavy (non-hydrogen) atoms. The summed E-state index contributed by atoms with van der Waals surface area (Å²) in [7, 11) is -8.36. The van der Waals surface area contributed by atoms with Crippen LogP contribution in [-0.4, -0.2) is 70.5 Å². The fraction of sp³-hybridized carbons (Fsp3) is 0.684. The topological polar surface area (TPSA) is 134 Å². The Bertz CT molecular complexity index is 1200. The number of benzene rings is 2. The Morgan fingerprint density at radius 3 is 1.12 bits per heavy atom. The van der Waals surface area contributed by atoms with Crippen molar-refractivity contribution in [3.05, 3.63) is 59.7 Å². The van der Waals surface area contributed by atoms with E-state index in [9.17, 15) is 28.7 Å². The molecule has 11 heteroatoms. The molecule has 0 spiro atoms. The standard InChI is InChI=1S/2C19H33O4P.Ca/c2*1-3-5-7-8-9-10-16-23-18-14-12-17(13-15-18)19(11-6-4-2)24(20,21)22;/h2*12-15,19H,3-11,16H2,1-2H3,(H2,20,21,22);/i2*7T,9T;. The first kappa shape index (κ1) is 41.4. The molecule has 0 aliphatic rings. The predicted molar refractivity (Wildman–Crippen MR) is 205 cm³/mol. The fourth-order valence-corrected chi connectivity index (χ4v) is 7.22. The zero-order valence-corrected chi connectivity index (χ0v) is 34.4. The summed E-state index contributed by atoms with van der Waals surface area (Å²) < 4.78 is 66.4. The largest absolute Gasteiger partial charge is 0.494 e. The number of hydrogen-bond acceptors (Lipinski definition) is 4. The summed E-state index contributed by atoms with van der Waals surface area (Å²) in [5.74, 6) is 1.27. The first-order chi connectivity index (χ1) is 24.5. The van der Waals surface area contributed by atoms with Crippen LogP contribution in [0.1, 0.15) is 171 Å². The molecule has 6 atom stereocenters. The van der Waals surface area contributed by atoms with Crippen LogP contribution in [0.2, 0.25) is 0 Å². The van der Waals surface area contributed by atoms with Gasteiger partial charge in [0.05, 0.1) is 24.5 Å². The van der Waals surface area contributed by atoms with E-state index in [1.165, 1.54) is 0 Å². The summed E-state index contributed by atoms with van der Waals surface area (Å²) in [6, 6.07) is 13.8. The van der Waals surface area contributed by atoms with E-state index in [-0.39, 0.29) is 63.3 Å². The van der Waals surface area contributed by atoms with Gasteiger partial charge in [0.2, 0.25) is 0 Å². The van der Waals surface area contributed by atoms with Crippen LogP contribution in [0.25, 0.3) is 0 Å². The van der Waals surface area contributed by atoms with Gasteiger partial charge in [-0.25, -0.2) is 0 Å². The number of unbranched alkanes of at least 4 members (excludes halogenated alkanes) is 2. The summed E-state index contributed by atoms with van der Waals surface area (Å²) in [4.78, 5) is 38.3. The molecule has 0 saturated heterocycles. The molecule has 0 saturated carbocycles. The summed E-state index contributed by atoms with van der Waals surface area (Å²) in [5.41, 5.74) is -0.258. The van der Waals surface area contributed by atoms with Crippen molar-refractivity contribution < 1.29 is 43.7 Å². The molecule has 0 aliphatic heterocycles. The minimum atomic E-state index is -4.18. The van der Waals surface area contributed by atoms with Crippen molar-refractivity contribution in [2.24, 2.45) is 0 Å². The van der Waals surface area contributed by atoms with E-state index in [0.717, 1.165) is 51.4 Å². The molecule has 8 nitrogen and oxygen atoms in total. The monoisotopic (exact) mass is 760 g/mol. The quantitative estimate of drug-likeness (QED) is 0.0550. The Labute approximate surface area is 333 Å². The van der Waals surface area contributed by atoms with Gasteiger partial charge in [-0.2, -0.15) is 0 Å². The molecule has 0 bridgehead atoms. The van der Waals surface area contributed by atoms with Crippen LogP contribution in [0.3, 0.4) is 0 Å². The van der Waals surface area contributed by atoms with Crippen molar-refractivity contribution in [2.45, 2.75) is 154 Å². The second-order valence-corrected chi connectivity index (χ2v) is 15.7. The Hall–Kier alpha value is -0.400. The average molecular weight is 761 g/mol. The first-order valence-corrected chi connectivity index (χ1v) is 21.2. The van der Waals surface area contributed by atoms with E-state index in [1.54, 1.807) is 48.5 Å². The van der Waals surface area contributed by atoms with Gasteiger partial charge in [0.1, 0.15) is 11.5 Å². The van der Waals surface area contributed by atoms with E-state index in [0.29, 0.717) is 74.4 Å². The molecule has 0 amide bonds. The Morgan fingerprint density at radius 2 is 0.837 bits per heavy atom. The SMILES string of the molecule is [3H]C(CCC)CC([3H])CCOc1ccc(C(CCCC)P(=O)(O)O)cc1.[3H]C(CCC)CC([3H])CCOc1ccc(C(CCCC)P(=O)(O)O)cc1.[Ca]. The summed E-state index contributed by atoms with van der Waals surface area (Å²) in [6.07, 6.45) is 9.20. The summed E-state index contributed by atoms with van der Waals surface area (Å²) in [5, 5.41) is 0. The second-order valence-electron chi connectivity index (χ2n) is 12.1. The maximum atomic E-state index is 11.7. The van der Waals surface area contributed by atoms with E-state index in [4.69, 9.17) is 15.0 Å². The van der Waals surface area contributed by atoms with Gasteiger partial charge in [0, 0.05) is 43.2 Å². The third-order valence-corrected chi connectivity index (χ3v) is 10.6. The predicted octanol–water partition coefficient (Wildman–Crippen LogP) is 11.3. The summed E-state index contributed by atoms with van der Waals surface area (Å²) >= 11 is 0. The number of hydrogen-bond donors (Lipinski definition) is 4. The van der Waals surface area contributed by atoms with E-state index < -0.39 is 26.5 Å². The molecule has 6 unspecified atom stereocenters. The molecule has 0 aromatic heterocycles. The molecule has 0 heterocycles. The minimum Gasteiger partial charge on any atom is -0.494 e. The zero-order valence-electron chi connectivity index (χ0n) is 34.4. The maximum absolute atomic E-state index is 11.7. The Balaban J connectivity index is 0.00000100. The van der Waals surface area contributed by atoms with Crippen LogP contribution in [0.4, 0.5) is 0 Å². The van der Waals surface area contributed by atoms with Crippen molar-refractivity contribution in [3.8, 4) is 11.5 Å². The van der Waals surface area contributed by atoms with Crippen molar-refractivity contribution in [1.82, 2.24) is 0 Å². The van der Waals surface area contributed by atoms with E-state index >= 15 is 0 Å². The van der Waals surface area contributed by atoms with Gasteiger partial charge in [-0.3, -0.25) is 9.13 Å². The van der Waals surface area contributed by atoms with Gasteiger partial charge in [-0.15, -0.1) is 0 Å². The van der Waals surface area contributed by atoms with Gasteiger partial charge in [0.15, 0.2) is 0 Å². The van der Waals surface area contributed by atoms with Crippen molar-refractivity contribution in [2.75, 3.05) is 13.2 Å². The van der Waals surface area contributed by atoms with Crippen LogP contribution < -0.4 is 9.47 Å². The maximum Gasteiger partial charge on any atom is 0.332 e. The van der Waals surface area contributed by atoms with Crippen molar-refractivity contribution in [3.63, 3.8) is 0 Å². The van der Waals surface area contributed by atoms with Gasteiger partial charge in [0.25, 0.3) is 0 Å². The Morgan fingerprint density at radius 1 is 0.531 bits per heavy atom. The van der Waals surface area contributed by atoms with Crippen LogP contribution in [0.15, 0.2) is 48.5 Å². The normalized spacial score (nSPS) is 16.5. The van der Waals surface area contributed by atoms with Crippen LogP contribution >= 0.6 is 15.2 Å². The molecule has 2 aromatic carbocycles. The molecule has 0 aliphatic carbocycles. The molecule has 2 aromatic rings. The molecular formula is C38H66CaO8P2. The molecule has 2 radical (unpaired) electrons. The van der Waals surface area contributed by atoms with Crippen LogP contribution in [0, 0.1) is 0 Å². The minimum absolute atomic E-state index is 0. The zero-order chi connectivity index (χ0) is 39.2. The van der Waals surface area contributed by atoms with E-state index in [1.807, 2.05) is 27.7 Å². The fourth-order valence-electron chi connectivity index (χ4n) is 5.06. The third-order valence-electron chi connectivity index (χ3n) is 7.84. The first-order valence-electron chi connectivity index (χ1n) is 20.1. The van der Waals surface area contributed by atoms with E-state index in [2.05, 4.69) is 0 Å². The number of rotatable bonds is 26. The Kier molecular flexibility index (Phi) is 24.6. The number of ether oxygens (including phenoxy) is 2.